The van der Waals surface area contributed by atoms with Crippen LogP contribution >= 0.6 is 11.6 Å². The van der Waals surface area contributed by atoms with Gasteiger partial charge in [0.1, 0.15) is 5.75 Å². The average molecular weight is 304 g/mol. The van der Waals surface area contributed by atoms with Gasteiger partial charge in [-0.1, -0.05) is 39.3 Å². The number of rotatable bonds is 5. The maximum absolute atomic E-state index is 12.4. The van der Waals surface area contributed by atoms with Crippen LogP contribution in [-0.2, 0) is 6.54 Å². The Bertz CT molecular complexity index is 489. The Hall–Kier alpha value is -0.870. The van der Waals surface area contributed by atoms with Crippen molar-refractivity contribution in [1.82, 2.24) is 5.32 Å². The molecule has 1 fully saturated rings. The minimum atomic E-state index is -2.83. The molecule has 2 nitrogen and oxygen atoms in total. The lowest BCUT2D eigenvalue weighted by atomic mass is 10.0. The van der Waals surface area contributed by atoms with Crippen molar-refractivity contribution >= 4 is 11.6 Å². The van der Waals surface area contributed by atoms with Gasteiger partial charge in [0.2, 0.25) is 0 Å². The van der Waals surface area contributed by atoms with E-state index >= 15 is 0 Å². The molecule has 0 heterocycles. The van der Waals surface area contributed by atoms with Gasteiger partial charge in [0.25, 0.3) is 0 Å². The van der Waals surface area contributed by atoms with Gasteiger partial charge in [-0.05, 0) is 29.0 Å². The number of nitrogens with one attached hydrogen (secondary N) is 1. The van der Waals surface area contributed by atoms with Crippen LogP contribution in [0.4, 0.5) is 8.78 Å². The van der Waals surface area contributed by atoms with E-state index in [2.05, 4.69) is 37.7 Å². The molecule has 1 aliphatic carbocycles. The quantitative estimate of drug-likeness (QED) is 0.867. The summed E-state index contributed by atoms with van der Waals surface area (Å²) in [6.45, 7) is 6.40. The van der Waals surface area contributed by atoms with E-state index in [9.17, 15) is 8.78 Å². The summed E-state index contributed by atoms with van der Waals surface area (Å²) in [5, 5.41) is 3.92. The summed E-state index contributed by atoms with van der Waals surface area (Å²) in [5.74, 6) is 0.174. The van der Waals surface area contributed by atoms with Crippen LogP contribution in [0, 0.1) is 10.8 Å². The summed E-state index contributed by atoms with van der Waals surface area (Å²) in [4.78, 5) is 0. The second kappa shape index (κ2) is 5.15. The molecule has 20 heavy (non-hydrogen) atoms. The topological polar surface area (TPSA) is 21.3 Å². The average Bonchev–Trinajstić information content (AvgIpc) is 2.70. The maximum Gasteiger partial charge on any atom is 0.387 e. The minimum absolute atomic E-state index is 0.174. The Kier molecular flexibility index (Phi) is 4.00. The minimum Gasteiger partial charge on any atom is -0.434 e. The van der Waals surface area contributed by atoms with E-state index in [4.69, 9.17) is 11.6 Å². The van der Waals surface area contributed by atoms with Crippen molar-refractivity contribution in [2.75, 3.05) is 0 Å². The second-order valence-corrected chi connectivity index (χ2v) is 6.82. The Morgan fingerprint density at radius 2 is 1.85 bits per heavy atom. The Morgan fingerprint density at radius 3 is 2.35 bits per heavy atom. The van der Waals surface area contributed by atoms with Crippen molar-refractivity contribution in [3.8, 4) is 5.75 Å². The molecule has 0 saturated heterocycles. The summed E-state index contributed by atoms with van der Waals surface area (Å²) < 4.78 is 29.3. The second-order valence-electron chi connectivity index (χ2n) is 6.39. The zero-order chi connectivity index (χ0) is 15.1. The number of hydrogen-bond donors (Lipinski definition) is 1. The fourth-order valence-electron chi connectivity index (χ4n) is 2.82. The monoisotopic (exact) mass is 303 g/mol. The van der Waals surface area contributed by atoms with Gasteiger partial charge in [0.05, 0.1) is 0 Å². The molecule has 0 aromatic heterocycles. The molecule has 2 rings (SSSR count). The van der Waals surface area contributed by atoms with Crippen LogP contribution < -0.4 is 10.1 Å². The van der Waals surface area contributed by atoms with E-state index in [1.165, 1.54) is 6.07 Å². The van der Waals surface area contributed by atoms with Gasteiger partial charge in [-0.25, -0.2) is 0 Å². The van der Waals surface area contributed by atoms with Crippen molar-refractivity contribution in [3.05, 3.63) is 28.8 Å². The SMILES string of the molecule is CC1(C)C(NCc2cc(Cl)ccc2OC(F)F)C1(C)C. The highest BCUT2D eigenvalue weighted by Crippen LogP contribution is 2.62. The van der Waals surface area contributed by atoms with E-state index in [-0.39, 0.29) is 16.6 Å². The van der Waals surface area contributed by atoms with Crippen molar-refractivity contribution in [1.29, 1.82) is 0 Å². The zero-order valence-electron chi connectivity index (χ0n) is 12.1. The Balaban J connectivity index is 2.08. The van der Waals surface area contributed by atoms with Crippen LogP contribution in [0.15, 0.2) is 18.2 Å². The van der Waals surface area contributed by atoms with Gasteiger partial charge in [-0.2, -0.15) is 8.78 Å². The molecular weight excluding hydrogens is 284 g/mol. The molecule has 0 unspecified atom stereocenters. The first kappa shape index (κ1) is 15.5. The highest BCUT2D eigenvalue weighted by atomic mass is 35.5. The van der Waals surface area contributed by atoms with E-state index in [0.29, 0.717) is 23.2 Å². The molecule has 0 aliphatic heterocycles. The largest absolute Gasteiger partial charge is 0.434 e. The molecule has 0 bridgehead atoms. The number of benzene rings is 1. The first-order valence-corrected chi connectivity index (χ1v) is 7.00. The van der Waals surface area contributed by atoms with Crippen LogP contribution in [0.3, 0.4) is 0 Å². The third-order valence-corrected chi connectivity index (χ3v) is 4.99. The third-order valence-electron chi connectivity index (χ3n) is 4.76. The first-order valence-electron chi connectivity index (χ1n) is 6.63. The molecule has 0 radical (unpaired) electrons. The maximum atomic E-state index is 12.4. The van der Waals surface area contributed by atoms with Crippen LogP contribution in [0.2, 0.25) is 5.02 Å². The molecule has 1 aromatic carbocycles. The lowest BCUT2D eigenvalue weighted by Crippen LogP contribution is -2.22. The normalized spacial score (nSPS) is 20.2. The summed E-state index contributed by atoms with van der Waals surface area (Å²) in [7, 11) is 0. The number of alkyl halides is 2. The van der Waals surface area contributed by atoms with Crippen molar-refractivity contribution in [2.45, 2.75) is 46.9 Å². The van der Waals surface area contributed by atoms with Crippen molar-refractivity contribution in [3.63, 3.8) is 0 Å². The highest BCUT2D eigenvalue weighted by molar-refractivity contribution is 6.30. The first-order chi connectivity index (χ1) is 9.16. The van der Waals surface area contributed by atoms with Crippen LogP contribution in [0.5, 0.6) is 5.75 Å². The van der Waals surface area contributed by atoms with Gasteiger partial charge in [0, 0.05) is 23.2 Å². The summed E-state index contributed by atoms with van der Waals surface area (Å²) >= 11 is 5.93. The molecular formula is C15H20ClF2NO. The van der Waals surface area contributed by atoms with Crippen LogP contribution in [-0.4, -0.2) is 12.7 Å². The van der Waals surface area contributed by atoms with Gasteiger partial charge in [0.15, 0.2) is 0 Å². The van der Waals surface area contributed by atoms with E-state index in [0.717, 1.165) is 0 Å². The molecule has 1 aromatic rings. The summed E-state index contributed by atoms with van der Waals surface area (Å²) in [5.41, 5.74) is 1.03. The number of hydrogen-bond acceptors (Lipinski definition) is 2. The summed E-state index contributed by atoms with van der Waals surface area (Å²) in [6.07, 6.45) is 0. The van der Waals surface area contributed by atoms with Gasteiger partial charge in [-0.15, -0.1) is 0 Å². The highest BCUT2D eigenvalue weighted by Gasteiger charge is 2.64. The van der Waals surface area contributed by atoms with Gasteiger partial charge >= 0.3 is 6.61 Å². The summed E-state index contributed by atoms with van der Waals surface area (Å²) in [6, 6.07) is 5.03. The fourth-order valence-corrected chi connectivity index (χ4v) is 3.01. The predicted octanol–water partition coefficient (Wildman–Crippen LogP) is 4.47. The lowest BCUT2D eigenvalue weighted by molar-refractivity contribution is -0.0505. The molecule has 1 N–H and O–H groups in total. The third kappa shape index (κ3) is 2.77. The molecule has 1 saturated carbocycles. The zero-order valence-corrected chi connectivity index (χ0v) is 12.9. The smallest absolute Gasteiger partial charge is 0.387 e. The molecule has 5 heteroatoms. The molecule has 0 amide bonds. The number of ether oxygens (including phenoxy) is 1. The molecule has 1 aliphatic rings. The van der Waals surface area contributed by atoms with Gasteiger partial charge in [-0.3, -0.25) is 0 Å². The Labute approximate surface area is 123 Å². The van der Waals surface area contributed by atoms with E-state index in [1.807, 2.05) is 0 Å². The van der Waals surface area contributed by atoms with E-state index < -0.39 is 6.61 Å². The molecule has 112 valence electrons. The van der Waals surface area contributed by atoms with Crippen LogP contribution in [0.25, 0.3) is 0 Å². The predicted molar refractivity (Wildman–Crippen MR) is 76.3 cm³/mol. The van der Waals surface area contributed by atoms with Crippen molar-refractivity contribution in [2.24, 2.45) is 10.8 Å². The fraction of sp³-hybridized carbons (Fsp3) is 0.600. The Morgan fingerprint density at radius 1 is 1.25 bits per heavy atom. The van der Waals surface area contributed by atoms with Crippen molar-refractivity contribution < 1.29 is 13.5 Å². The molecule has 0 spiro atoms. The van der Waals surface area contributed by atoms with Gasteiger partial charge < -0.3 is 10.1 Å². The number of halogens is 3. The standard InChI is InChI=1S/C15H20ClF2NO/c1-14(2)12(15(14,3)4)19-8-9-7-10(16)5-6-11(9)20-13(17)18/h5-7,12-13,19H,8H2,1-4H3. The van der Waals surface area contributed by atoms with Crippen LogP contribution in [0.1, 0.15) is 33.3 Å². The van der Waals surface area contributed by atoms with E-state index in [1.54, 1.807) is 12.1 Å². The lowest BCUT2D eigenvalue weighted by Gasteiger charge is -2.13. The molecule has 0 atom stereocenters.